The van der Waals surface area contributed by atoms with E-state index >= 15 is 0 Å². The standard InChI is InChI=1S/C17H24N4O4S.ClH/c1-11-9-19-6-5-15(11)20-17(23)12-7-16(22)21(10-12)13-3-2-4-14(8-13)26(18,24)25;/h2-4,8,11-12,15,19H,5-7,9-10H2,1H3,(H,20,23)(H2,18,24,25);1H. The largest absolute Gasteiger partial charge is 0.353 e. The van der Waals surface area contributed by atoms with Crippen LogP contribution in [0.3, 0.4) is 0 Å². The summed E-state index contributed by atoms with van der Waals surface area (Å²) in [5.74, 6) is -0.424. The summed E-state index contributed by atoms with van der Waals surface area (Å²) in [7, 11) is -3.85. The first-order chi connectivity index (χ1) is 12.3. The van der Waals surface area contributed by atoms with Gasteiger partial charge in [0.05, 0.1) is 10.8 Å². The van der Waals surface area contributed by atoms with E-state index in [1.54, 1.807) is 6.07 Å². The van der Waals surface area contributed by atoms with E-state index in [9.17, 15) is 18.0 Å². The molecule has 150 valence electrons. The maximum atomic E-state index is 12.6. The van der Waals surface area contributed by atoms with Crippen molar-refractivity contribution < 1.29 is 18.0 Å². The van der Waals surface area contributed by atoms with Crippen molar-refractivity contribution >= 4 is 39.9 Å². The van der Waals surface area contributed by atoms with Crippen LogP contribution < -0.4 is 20.7 Å². The summed E-state index contributed by atoms with van der Waals surface area (Å²) >= 11 is 0. The Kier molecular flexibility index (Phi) is 6.85. The number of amides is 2. The van der Waals surface area contributed by atoms with Gasteiger partial charge in [-0.1, -0.05) is 13.0 Å². The van der Waals surface area contributed by atoms with Crippen molar-refractivity contribution in [3.05, 3.63) is 24.3 Å². The molecule has 0 spiro atoms. The van der Waals surface area contributed by atoms with Crippen LogP contribution in [0, 0.1) is 11.8 Å². The number of rotatable bonds is 4. The van der Waals surface area contributed by atoms with Gasteiger partial charge in [0, 0.05) is 24.7 Å². The Morgan fingerprint density at radius 3 is 2.78 bits per heavy atom. The predicted octanol–water partition coefficient (Wildman–Crippen LogP) is 0.223. The first-order valence-corrected chi connectivity index (χ1v) is 10.2. The van der Waals surface area contributed by atoms with E-state index in [0.29, 0.717) is 11.6 Å². The van der Waals surface area contributed by atoms with E-state index in [2.05, 4.69) is 17.6 Å². The van der Waals surface area contributed by atoms with Crippen molar-refractivity contribution in [1.82, 2.24) is 10.6 Å². The summed E-state index contributed by atoms with van der Waals surface area (Å²) in [6.45, 7) is 4.05. The number of hydrogen-bond donors (Lipinski definition) is 3. The van der Waals surface area contributed by atoms with Gasteiger partial charge in [-0.2, -0.15) is 0 Å². The molecule has 0 aromatic heterocycles. The maximum Gasteiger partial charge on any atom is 0.238 e. The lowest BCUT2D eigenvalue weighted by Gasteiger charge is -2.31. The number of nitrogens with two attached hydrogens (primary N) is 1. The topological polar surface area (TPSA) is 122 Å². The summed E-state index contributed by atoms with van der Waals surface area (Å²) in [5.41, 5.74) is 0.437. The number of benzene rings is 1. The van der Waals surface area contributed by atoms with Gasteiger partial charge < -0.3 is 15.5 Å². The van der Waals surface area contributed by atoms with Crippen LogP contribution in [0.15, 0.2) is 29.2 Å². The van der Waals surface area contributed by atoms with Crippen LogP contribution in [-0.4, -0.2) is 45.9 Å². The molecular formula is C17H25ClN4O4S. The first kappa shape index (κ1) is 21.6. The van der Waals surface area contributed by atoms with Crippen LogP contribution in [0.5, 0.6) is 0 Å². The molecule has 2 aliphatic rings. The van der Waals surface area contributed by atoms with Gasteiger partial charge in [-0.3, -0.25) is 9.59 Å². The van der Waals surface area contributed by atoms with Crippen LogP contribution in [0.25, 0.3) is 0 Å². The highest BCUT2D eigenvalue weighted by Crippen LogP contribution is 2.27. The minimum Gasteiger partial charge on any atom is -0.353 e. The molecule has 8 nitrogen and oxygen atoms in total. The van der Waals surface area contributed by atoms with Gasteiger partial charge in [-0.05, 0) is 43.6 Å². The number of carbonyl (C=O) groups excluding carboxylic acids is 2. The molecule has 3 atom stereocenters. The molecule has 4 N–H and O–H groups in total. The molecule has 3 unspecified atom stereocenters. The first-order valence-electron chi connectivity index (χ1n) is 8.70. The minimum atomic E-state index is -3.85. The number of primary sulfonamides is 1. The highest BCUT2D eigenvalue weighted by atomic mass is 35.5. The Bertz CT molecular complexity index is 817. The third kappa shape index (κ3) is 4.98. The monoisotopic (exact) mass is 416 g/mol. The molecule has 0 saturated carbocycles. The molecule has 2 amide bonds. The Morgan fingerprint density at radius 1 is 1.37 bits per heavy atom. The molecule has 0 bridgehead atoms. The fourth-order valence-corrected chi connectivity index (χ4v) is 4.04. The van der Waals surface area contributed by atoms with Gasteiger partial charge in [0.1, 0.15) is 0 Å². The van der Waals surface area contributed by atoms with Crippen molar-refractivity contribution in [1.29, 1.82) is 0 Å². The second kappa shape index (κ2) is 8.55. The molecule has 2 aliphatic heterocycles. The van der Waals surface area contributed by atoms with E-state index in [-0.39, 0.29) is 48.1 Å². The SMILES string of the molecule is CC1CNCCC1NC(=O)C1CC(=O)N(c2cccc(S(N)(=O)=O)c2)C1.Cl. The van der Waals surface area contributed by atoms with Gasteiger partial charge in [0.2, 0.25) is 21.8 Å². The van der Waals surface area contributed by atoms with Gasteiger partial charge in [-0.15, -0.1) is 12.4 Å². The van der Waals surface area contributed by atoms with Crippen LogP contribution in [0.2, 0.25) is 0 Å². The number of nitrogens with one attached hydrogen (secondary N) is 2. The molecule has 10 heteroatoms. The highest BCUT2D eigenvalue weighted by molar-refractivity contribution is 7.89. The lowest BCUT2D eigenvalue weighted by Crippen LogP contribution is -2.50. The van der Waals surface area contributed by atoms with E-state index in [0.717, 1.165) is 19.5 Å². The van der Waals surface area contributed by atoms with Crippen molar-refractivity contribution in [3.8, 4) is 0 Å². The average molecular weight is 417 g/mol. The molecule has 2 saturated heterocycles. The number of nitrogens with zero attached hydrogens (tertiary/aromatic N) is 1. The van der Waals surface area contributed by atoms with Crippen LogP contribution in [0.1, 0.15) is 19.8 Å². The number of piperidine rings is 1. The Hall–Kier alpha value is -1.68. The normalized spacial score (nSPS) is 25.8. The molecule has 0 aliphatic carbocycles. The molecule has 2 heterocycles. The van der Waals surface area contributed by atoms with Crippen molar-refractivity contribution in [3.63, 3.8) is 0 Å². The Labute approximate surface area is 165 Å². The van der Waals surface area contributed by atoms with Gasteiger partial charge in [-0.25, -0.2) is 13.6 Å². The third-order valence-corrected chi connectivity index (χ3v) is 5.98. The molecule has 3 rings (SSSR count). The van der Waals surface area contributed by atoms with Crippen LogP contribution in [-0.2, 0) is 19.6 Å². The van der Waals surface area contributed by atoms with E-state index < -0.39 is 15.9 Å². The van der Waals surface area contributed by atoms with Gasteiger partial charge in [0.15, 0.2) is 0 Å². The summed E-state index contributed by atoms with van der Waals surface area (Å²) in [4.78, 5) is 26.3. The Morgan fingerprint density at radius 2 is 2.11 bits per heavy atom. The molecule has 1 aromatic carbocycles. The smallest absolute Gasteiger partial charge is 0.238 e. The van der Waals surface area contributed by atoms with Crippen LogP contribution in [0.4, 0.5) is 5.69 Å². The molecule has 2 fully saturated rings. The van der Waals surface area contributed by atoms with E-state index in [1.807, 2.05) is 0 Å². The number of hydrogen-bond acceptors (Lipinski definition) is 5. The summed E-state index contributed by atoms with van der Waals surface area (Å²) < 4.78 is 23.0. The summed E-state index contributed by atoms with van der Waals surface area (Å²) in [6, 6.07) is 6.03. The molecule has 0 radical (unpaired) electrons. The quantitative estimate of drug-likeness (QED) is 0.648. The van der Waals surface area contributed by atoms with E-state index in [4.69, 9.17) is 5.14 Å². The van der Waals surface area contributed by atoms with Crippen LogP contribution >= 0.6 is 12.4 Å². The number of carbonyl (C=O) groups is 2. The molecule has 1 aromatic rings. The average Bonchev–Trinajstić information content (AvgIpc) is 2.98. The fraction of sp³-hybridized carbons (Fsp3) is 0.529. The number of anilines is 1. The lowest BCUT2D eigenvalue weighted by molar-refractivity contribution is -0.127. The molecule has 27 heavy (non-hydrogen) atoms. The Balaban J connectivity index is 0.00000261. The van der Waals surface area contributed by atoms with Crippen molar-refractivity contribution in [2.75, 3.05) is 24.5 Å². The van der Waals surface area contributed by atoms with Gasteiger partial charge >= 0.3 is 0 Å². The zero-order chi connectivity index (χ0) is 18.9. The zero-order valence-corrected chi connectivity index (χ0v) is 16.7. The van der Waals surface area contributed by atoms with Crippen molar-refractivity contribution in [2.24, 2.45) is 17.0 Å². The van der Waals surface area contributed by atoms with E-state index in [1.165, 1.54) is 23.1 Å². The fourth-order valence-electron chi connectivity index (χ4n) is 3.49. The maximum absolute atomic E-state index is 12.6. The van der Waals surface area contributed by atoms with Gasteiger partial charge in [0.25, 0.3) is 0 Å². The lowest BCUT2D eigenvalue weighted by atomic mass is 9.94. The minimum absolute atomic E-state index is 0. The number of sulfonamides is 1. The second-order valence-corrected chi connectivity index (χ2v) is 8.59. The predicted molar refractivity (Wildman–Crippen MR) is 104 cm³/mol. The number of halogens is 1. The second-order valence-electron chi connectivity index (χ2n) is 7.03. The van der Waals surface area contributed by atoms with Crippen molar-refractivity contribution in [2.45, 2.75) is 30.7 Å². The third-order valence-electron chi connectivity index (χ3n) is 5.07. The highest BCUT2D eigenvalue weighted by Gasteiger charge is 2.36. The summed E-state index contributed by atoms with van der Waals surface area (Å²) in [6.07, 6.45) is 0.985. The zero-order valence-electron chi connectivity index (χ0n) is 15.1. The molecular weight excluding hydrogens is 392 g/mol. The summed E-state index contributed by atoms with van der Waals surface area (Å²) in [5, 5.41) is 11.5.